The monoisotopic (exact) mass is 441 g/mol. The fourth-order valence-corrected chi connectivity index (χ4v) is 5.04. The first-order chi connectivity index (χ1) is 13.3. The van der Waals surface area contributed by atoms with Crippen LogP contribution in [0, 0.1) is 5.92 Å². The number of sulfonamides is 1. The molecule has 0 radical (unpaired) electrons. The summed E-state index contributed by atoms with van der Waals surface area (Å²) in [5.74, 6) is -0.452. The number of aromatic nitrogens is 1. The second kappa shape index (κ2) is 8.78. The number of rotatable bonds is 5. The average Bonchev–Trinajstić information content (AvgIpc) is 2.69. The first-order valence-corrected chi connectivity index (χ1v) is 11.1. The molecule has 0 bridgehead atoms. The topological polar surface area (TPSA) is 70.6 Å². The normalized spacial score (nSPS) is 18.0. The second-order valence-electron chi connectivity index (χ2n) is 6.84. The lowest BCUT2D eigenvalue weighted by Crippen LogP contribution is -2.45. The summed E-state index contributed by atoms with van der Waals surface area (Å²) in [6.45, 7) is 0.968. The van der Waals surface area contributed by atoms with E-state index in [1.165, 1.54) is 16.4 Å². The molecule has 6 nitrogen and oxygen atoms in total. The fourth-order valence-electron chi connectivity index (χ4n) is 3.28. The number of carbonyl (C=O) groups is 1. The fraction of sp³-hybridized carbons (Fsp3) is 0.368. The predicted octanol–water partition coefficient (Wildman–Crippen LogP) is 3.45. The van der Waals surface area contributed by atoms with Crippen LogP contribution in [0.4, 0.5) is 0 Å². The van der Waals surface area contributed by atoms with Crippen molar-refractivity contribution in [1.29, 1.82) is 0 Å². The number of hydrogen-bond donors (Lipinski definition) is 0. The van der Waals surface area contributed by atoms with Crippen molar-refractivity contribution in [2.75, 3.05) is 20.1 Å². The average molecular weight is 442 g/mol. The predicted molar refractivity (Wildman–Crippen MR) is 109 cm³/mol. The quantitative estimate of drug-likeness (QED) is 0.666. The number of piperidine rings is 1. The molecule has 1 fully saturated rings. The molecule has 2 aromatic rings. The number of halogens is 2. The summed E-state index contributed by atoms with van der Waals surface area (Å²) in [5, 5.41) is 0.872. The van der Waals surface area contributed by atoms with E-state index in [0.717, 1.165) is 5.56 Å². The first kappa shape index (κ1) is 21.0. The van der Waals surface area contributed by atoms with Gasteiger partial charge in [0.2, 0.25) is 15.9 Å². The molecule has 0 saturated carbocycles. The zero-order valence-electron chi connectivity index (χ0n) is 15.4. The van der Waals surface area contributed by atoms with Crippen LogP contribution in [0.3, 0.4) is 0 Å². The maximum absolute atomic E-state index is 12.9. The lowest BCUT2D eigenvalue weighted by Gasteiger charge is -2.33. The molecule has 1 unspecified atom stereocenters. The lowest BCUT2D eigenvalue weighted by atomic mass is 9.98. The molecule has 1 aromatic carbocycles. The van der Waals surface area contributed by atoms with Crippen LogP contribution in [-0.4, -0.2) is 48.7 Å². The van der Waals surface area contributed by atoms with Crippen molar-refractivity contribution >= 4 is 39.1 Å². The van der Waals surface area contributed by atoms with Crippen LogP contribution in [0.5, 0.6) is 0 Å². The van der Waals surface area contributed by atoms with Crippen LogP contribution in [0.25, 0.3) is 0 Å². The van der Waals surface area contributed by atoms with Crippen molar-refractivity contribution in [1.82, 2.24) is 14.2 Å². The Bertz CT molecular complexity index is 934. The summed E-state index contributed by atoms with van der Waals surface area (Å²) in [6, 6.07) is 9.57. The number of hydrogen-bond acceptors (Lipinski definition) is 4. The Hall–Kier alpha value is -1.67. The highest BCUT2D eigenvalue weighted by molar-refractivity contribution is 7.89. The Balaban J connectivity index is 1.68. The van der Waals surface area contributed by atoms with Crippen LogP contribution in [-0.2, 0) is 21.4 Å². The van der Waals surface area contributed by atoms with Crippen LogP contribution < -0.4 is 0 Å². The minimum Gasteiger partial charge on any atom is -0.341 e. The van der Waals surface area contributed by atoms with E-state index in [9.17, 15) is 13.2 Å². The van der Waals surface area contributed by atoms with Gasteiger partial charge in [-0.3, -0.25) is 4.79 Å². The summed E-state index contributed by atoms with van der Waals surface area (Å²) in [6.07, 6.45) is 2.93. The first-order valence-electron chi connectivity index (χ1n) is 8.88. The highest BCUT2D eigenvalue weighted by atomic mass is 35.5. The maximum Gasteiger partial charge on any atom is 0.243 e. The Morgan fingerprint density at radius 1 is 1.21 bits per heavy atom. The molecular formula is C19H21Cl2N3O3S. The molecule has 1 saturated heterocycles. The van der Waals surface area contributed by atoms with Gasteiger partial charge in [0, 0.05) is 37.9 Å². The lowest BCUT2D eigenvalue weighted by molar-refractivity contribution is -0.135. The van der Waals surface area contributed by atoms with Crippen LogP contribution in [0.2, 0.25) is 10.2 Å². The molecule has 0 aliphatic carbocycles. The molecule has 0 spiro atoms. The molecule has 1 atom stereocenters. The number of nitrogens with zero attached hydrogens (tertiary/aromatic N) is 3. The largest absolute Gasteiger partial charge is 0.341 e. The van der Waals surface area contributed by atoms with E-state index in [-0.39, 0.29) is 23.3 Å². The van der Waals surface area contributed by atoms with Crippen LogP contribution >= 0.6 is 23.2 Å². The Morgan fingerprint density at radius 3 is 2.57 bits per heavy atom. The molecule has 1 aliphatic rings. The molecule has 1 aliphatic heterocycles. The summed E-state index contributed by atoms with van der Waals surface area (Å²) >= 11 is 11.6. The second-order valence-corrected chi connectivity index (χ2v) is 9.60. The van der Waals surface area contributed by atoms with Gasteiger partial charge in [0.25, 0.3) is 0 Å². The summed E-state index contributed by atoms with van der Waals surface area (Å²) in [5.41, 5.74) is 0.863. The molecule has 1 aromatic heterocycles. The van der Waals surface area contributed by atoms with Gasteiger partial charge in [-0.2, -0.15) is 4.31 Å². The van der Waals surface area contributed by atoms with E-state index in [1.807, 2.05) is 6.07 Å². The van der Waals surface area contributed by atoms with Gasteiger partial charge < -0.3 is 4.90 Å². The smallest absolute Gasteiger partial charge is 0.243 e. The van der Waals surface area contributed by atoms with Crippen molar-refractivity contribution < 1.29 is 13.2 Å². The van der Waals surface area contributed by atoms with Crippen LogP contribution in [0.15, 0.2) is 47.5 Å². The Labute approximate surface area is 175 Å². The maximum atomic E-state index is 12.9. The SMILES string of the molecule is CN(Cc1ccc(Cl)nc1)C(=O)C1CCCN(S(=O)(=O)c2ccc(Cl)cc2)C1. The molecule has 2 heterocycles. The zero-order valence-corrected chi connectivity index (χ0v) is 17.7. The third kappa shape index (κ3) is 4.84. The van der Waals surface area contributed by atoms with E-state index >= 15 is 0 Å². The molecule has 28 heavy (non-hydrogen) atoms. The van der Waals surface area contributed by atoms with Crippen molar-refractivity contribution in [3.05, 3.63) is 58.3 Å². The van der Waals surface area contributed by atoms with E-state index in [0.29, 0.717) is 36.1 Å². The van der Waals surface area contributed by atoms with Gasteiger partial charge in [0.15, 0.2) is 0 Å². The van der Waals surface area contributed by atoms with Gasteiger partial charge >= 0.3 is 0 Å². The van der Waals surface area contributed by atoms with E-state index in [1.54, 1.807) is 36.3 Å². The Morgan fingerprint density at radius 2 is 1.93 bits per heavy atom. The van der Waals surface area contributed by atoms with Crippen molar-refractivity contribution in [2.45, 2.75) is 24.3 Å². The molecule has 9 heteroatoms. The van der Waals surface area contributed by atoms with Gasteiger partial charge in [0.05, 0.1) is 10.8 Å². The molecular weight excluding hydrogens is 421 g/mol. The number of amides is 1. The summed E-state index contributed by atoms with van der Waals surface area (Å²) in [4.78, 5) is 18.7. The van der Waals surface area contributed by atoms with Gasteiger partial charge in [0.1, 0.15) is 5.15 Å². The highest BCUT2D eigenvalue weighted by Crippen LogP contribution is 2.26. The van der Waals surface area contributed by atoms with E-state index in [4.69, 9.17) is 23.2 Å². The van der Waals surface area contributed by atoms with E-state index < -0.39 is 10.0 Å². The van der Waals surface area contributed by atoms with Crippen molar-refractivity contribution in [3.8, 4) is 0 Å². The van der Waals surface area contributed by atoms with Crippen molar-refractivity contribution in [2.24, 2.45) is 5.92 Å². The van der Waals surface area contributed by atoms with Gasteiger partial charge in [-0.15, -0.1) is 0 Å². The Kier molecular flexibility index (Phi) is 6.60. The molecule has 3 rings (SSSR count). The minimum atomic E-state index is -3.66. The third-order valence-corrected chi connectivity index (χ3v) is 7.12. The molecule has 1 amide bonds. The highest BCUT2D eigenvalue weighted by Gasteiger charge is 2.34. The van der Waals surface area contributed by atoms with Gasteiger partial charge in [-0.05, 0) is 48.7 Å². The zero-order chi connectivity index (χ0) is 20.3. The number of carbonyl (C=O) groups excluding carboxylic acids is 1. The number of pyridine rings is 1. The summed E-state index contributed by atoms with van der Waals surface area (Å²) < 4.78 is 27.2. The summed E-state index contributed by atoms with van der Waals surface area (Å²) in [7, 11) is -1.94. The third-order valence-electron chi connectivity index (χ3n) is 4.77. The van der Waals surface area contributed by atoms with Gasteiger partial charge in [-0.1, -0.05) is 29.3 Å². The van der Waals surface area contributed by atoms with Crippen molar-refractivity contribution in [3.63, 3.8) is 0 Å². The van der Waals surface area contributed by atoms with Gasteiger partial charge in [-0.25, -0.2) is 13.4 Å². The van der Waals surface area contributed by atoms with E-state index in [2.05, 4.69) is 4.98 Å². The molecule has 150 valence electrons. The minimum absolute atomic E-state index is 0.0778. The number of benzene rings is 1. The standard InChI is InChI=1S/C19H21Cl2N3O3S/c1-23(12-14-4-9-18(21)22-11-14)19(25)15-3-2-10-24(13-15)28(26,27)17-7-5-16(20)6-8-17/h4-9,11,15H,2-3,10,12-13H2,1H3. The molecule has 0 N–H and O–H groups in total. The van der Waals surface area contributed by atoms with Crippen LogP contribution in [0.1, 0.15) is 18.4 Å².